The largest absolute Gasteiger partial charge is 0.371 e. The maximum Gasteiger partial charge on any atom is 0.281 e. The van der Waals surface area contributed by atoms with Crippen LogP contribution in [0.4, 0.5) is 11.4 Å². The zero-order valence-electron chi connectivity index (χ0n) is 9.64. The fraction of sp³-hybridized carbons (Fsp3) is 0.364. The van der Waals surface area contributed by atoms with Gasteiger partial charge in [0.2, 0.25) is 0 Å². The lowest BCUT2D eigenvalue weighted by molar-refractivity contribution is -0.385. The molecule has 0 aliphatic rings. The molecule has 0 aliphatic carbocycles. The molecule has 5 nitrogen and oxygen atoms in total. The number of carbonyl (C=O) groups excluding carboxylic acids is 1. The molecule has 17 heavy (non-hydrogen) atoms. The molecule has 0 heterocycles. The first-order valence-corrected chi connectivity index (χ1v) is 5.61. The Balaban J connectivity index is 3.38. The number of hydrogen-bond donors (Lipinski definition) is 0. The predicted octanol–water partition coefficient (Wildman–Crippen LogP) is 2.91. The fourth-order valence-corrected chi connectivity index (χ4v) is 1.97. The molecule has 0 spiro atoms. The molecule has 0 unspecified atom stereocenters. The summed E-state index contributed by atoms with van der Waals surface area (Å²) in [4.78, 5) is 22.9. The zero-order chi connectivity index (χ0) is 13.0. The molecular formula is C11H13ClN2O3. The van der Waals surface area contributed by atoms with E-state index in [0.29, 0.717) is 25.1 Å². The van der Waals surface area contributed by atoms with Crippen LogP contribution < -0.4 is 4.90 Å². The Morgan fingerprint density at radius 3 is 2.41 bits per heavy atom. The molecule has 0 aliphatic heterocycles. The van der Waals surface area contributed by atoms with Crippen LogP contribution in [-0.2, 0) is 0 Å². The van der Waals surface area contributed by atoms with Crippen LogP contribution in [0.1, 0.15) is 24.2 Å². The molecule has 6 heteroatoms. The van der Waals surface area contributed by atoms with E-state index in [4.69, 9.17) is 11.6 Å². The molecule has 0 saturated carbocycles. The molecule has 0 atom stereocenters. The number of nitrogens with zero attached hydrogens (tertiary/aromatic N) is 2. The fourth-order valence-electron chi connectivity index (χ4n) is 1.65. The number of nitro benzene ring substituents is 1. The van der Waals surface area contributed by atoms with Crippen LogP contribution in [0.5, 0.6) is 0 Å². The third kappa shape index (κ3) is 2.55. The van der Waals surface area contributed by atoms with Crippen molar-refractivity contribution in [2.75, 3.05) is 18.0 Å². The van der Waals surface area contributed by atoms with Gasteiger partial charge in [-0.2, -0.15) is 0 Å². The molecule has 0 N–H and O–H groups in total. The van der Waals surface area contributed by atoms with Gasteiger partial charge in [0.05, 0.1) is 15.6 Å². The minimum atomic E-state index is -0.609. The van der Waals surface area contributed by atoms with E-state index in [-0.39, 0.29) is 16.3 Å². The molecule has 0 fully saturated rings. The van der Waals surface area contributed by atoms with Crippen LogP contribution in [-0.4, -0.2) is 24.3 Å². The first-order valence-electron chi connectivity index (χ1n) is 5.23. The molecule has 0 saturated heterocycles. The normalized spacial score (nSPS) is 10.1. The Kier molecular flexibility index (Phi) is 4.45. The Morgan fingerprint density at radius 1 is 1.41 bits per heavy atom. The van der Waals surface area contributed by atoms with E-state index >= 15 is 0 Å². The van der Waals surface area contributed by atoms with Crippen molar-refractivity contribution in [2.24, 2.45) is 0 Å². The summed E-state index contributed by atoms with van der Waals surface area (Å²) in [5.41, 5.74) is 0.311. The van der Waals surface area contributed by atoms with Crippen LogP contribution in [0.2, 0.25) is 5.02 Å². The van der Waals surface area contributed by atoms with Crippen LogP contribution in [0, 0.1) is 10.1 Å². The van der Waals surface area contributed by atoms with E-state index in [1.165, 1.54) is 6.07 Å². The van der Waals surface area contributed by atoms with Gasteiger partial charge in [-0.3, -0.25) is 14.9 Å². The average molecular weight is 257 g/mol. The molecule has 0 bridgehead atoms. The van der Waals surface area contributed by atoms with E-state index in [9.17, 15) is 14.9 Å². The van der Waals surface area contributed by atoms with Gasteiger partial charge in [-0.25, -0.2) is 0 Å². The highest BCUT2D eigenvalue weighted by Crippen LogP contribution is 2.34. The monoisotopic (exact) mass is 256 g/mol. The van der Waals surface area contributed by atoms with E-state index in [1.54, 1.807) is 6.07 Å². The lowest BCUT2D eigenvalue weighted by atomic mass is 10.1. The second kappa shape index (κ2) is 5.63. The van der Waals surface area contributed by atoms with Gasteiger partial charge in [0.15, 0.2) is 6.29 Å². The van der Waals surface area contributed by atoms with Crippen LogP contribution in [0.15, 0.2) is 12.1 Å². The summed E-state index contributed by atoms with van der Waals surface area (Å²) in [6.07, 6.45) is 0.424. The number of aldehydes is 1. The third-order valence-electron chi connectivity index (χ3n) is 2.56. The average Bonchev–Trinajstić information content (AvgIpc) is 2.31. The Hall–Kier alpha value is -1.62. The maximum atomic E-state index is 10.9. The number of benzene rings is 1. The van der Waals surface area contributed by atoms with Crippen LogP contribution in [0.3, 0.4) is 0 Å². The number of anilines is 1. The number of hydrogen-bond acceptors (Lipinski definition) is 4. The molecule has 92 valence electrons. The lowest BCUT2D eigenvalue weighted by Crippen LogP contribution is -2.22. The molecule has 0 radical (unpaired) electrons. The number of rotatable bonds is 5. The SMILES string of the molecule is CCN(CC)c1ccc([N+](=O)[O-])c(C=O)c1Cl. The van der Waals surface area contributed by atoms with Gasteiger partial charge in [-0.15, -0.1) is 0 Å². The van der Waals surface area contributed by atoms with Crippen molar-refractivity contribution in [3.05, 3.63) is 32.8 Å². The zero-order valence-corrected chi connectivity index (χ0v) is 10.4. The predicted molar refractivity (Wildman–Crippen MR) is 67.1 cm³/mol. The van der Waals surface area contributed by atoms with Gasteiger partial charge in [0.25, 0.3) is 5.69 Å². The second-order valence-electron chi connectivity index (χ2n) is 3.38. The van der Waals surface area contributed by atoms with Crippen molar-refractivity contribution in [1.29, 1.82) is 0 Å². The summed E-state index contributed by atoms with van der Waals surface area (Å²) in [5.74, 6) is 0. The third-order valence-corrected chi connectivity index (χ3v) is 2.95. The summed E-state index contributed by atoms with van der Waals surface area (Å²) >= 11 is 6.03. The highest BCUT2D eigenvalue weighted by atomic mass is 35.5. The Bertz CT molecular complexity index is 445. The lowest BCUT2D eigenvalue weighted by Gasteiger charge is -2.22. The first kappa shape index (κ1) is 13.4. The smallest absolute Gasteiger partial charge is 0.281 e. The highest BCUT2D eigenvalue weighted by molar-refractivity contribution is 6.36. The summed E-state index contributed by atoms with van der Waals surface area (Å²) in [7, 11) is 0. The van der Waals surface area contributed by atoms with Crippen molar-refractivity contribution in [3.63, 3.8) is 0 Å². The Labute approximate surface area is 104 Å². The molecule has 1 aromatic carbocycles. The van der Waals surface area contributed by atoms with E-state index < -0.39 is 4.92 Å². The van der Waals surface area contributed by atoms with Crippen molar-refractivity contribution in [2.45, 2.75) is 13.8 Å². The van der Waals surface area contributed by atoms with Crippen molar-refractivity contribution in [3.8, 4) is 0 Å². The Morgan fingerprint density at radius 2 is 2.00 bits per heavy atom. The molecule has 1 rings (SSSR count). The first-order chi connectivity index (χ1) is 8.06. The van der Waals surface area contributed by atoms with Gasteiger partial charge < -0.3 is 4.90 Å². The number of carbonyl (C=O) groups is 1. The van der Waals surface area contributed by atoms with Gasteiger partial charge in [0.1, 0.15) is 5.56 Å². The molecule has 0 aromatic heterocycles. The molecule has 1 aromatic rings. The van der Waals surface area contributed by atoms with Crippen molar-refractivity contribution in [1.82, 2.24) is 0 Å². The van der Waals surface area contributed by atoms with Gasteiger partial charge in [-0.05, 0) is 19.9 Å². The van der Waals surface area contributed by atoms with Crippen molar-refractivity contribution >= 4 is 29.3 Å². The van der Waals surface area contributed by atoms with E-state index in [0.717, 1.165) is 0 Å². The topological polar surface area (TPSA) is 63.4 Å². The minimum absolute atomic E-state index is 0.0685. The van der Waals surface area contributed by atoms with E-state index in [2.05, 4.69) is 0 Å². The summed E-state index contributed by atoms with van der Waals surface area (Å²) in [6, 6.07) is 2.88. The summed E-state index contributed by atoms with van der Waals surface area (Å²) in [6.45, 7) is 5.32. The molecular weight excluding hydrogens is 244 g/mol. The minimum Gasteiger partial charge on any atom is -0.371 e. The van der Waals surface area contributed by atoms with Gasteiger partial charge >= 0.3 is 0 Å². The van der Waals surface area contributed by atoms with Crippen molar-refractivity contribution < 1.29 is 9.72 Å². The quantitative estimate of drug-likeness (QED) is 0.462. The van der Waals surface area contributed by atoms with Gasteiger partial charge in [0, 0.05) is 19.2 Å². The van der Waals surface area contributed by atoms with E-state index in [1.807, 2.05) is 18.7 Å². The van der Waals surface area contributed by atoms with Crippen LogP contribution >= 0.6 is 11.6 Å². The highest BCUT2D eigenvalue weighted by Gasteiger charge is 2.20. The number of nitro groups is 1. The van der Waals surface area contributed by atoms with Gasteiger partial charge in [-0.1, -0.05) is 11.6 Å². The summed E-state index contributed by atoms with van der Waals surface area (Å²) in [5, 5.41) is 10.9. The second-order valence-corrected chi connectivity index (χ2v) is 3.76. The standard InChI is InChI=1S/C11H13ClN2O3/c1-3-13(4-2)10-6-5-9(14(16)17)8(7-15)11(10)12/h5-7H,3-4H2,1-2H3. The number of halogens is 1. The summed E-state index contributed by atoms with van der Waals surface area (Å²) < 4.78 is 0. The maximum absolute atomic E-state index is 10.9. The molecule has 0 amide bonds. The van der Waals surface area contributed by atoms with Crippen LogP contribution in [0.25, 0.3) is 0 Å².